The second-order valence-corrected chi connectivity index (χ2v) is 5.86. The number of hydrogen-bond donors (Lipinski definition) is 1. The second-order valence-electron chi connectivity index (χ2n) is 5.86. The normalized spacial score (nSPS) is 28.1. The molecule has 2 heteroatoms. The Morgan fingerprint density at radius 2 is 1.45 bits per heavy atom. The zero-order chi connectivity index (χ0) is 14.3. The molecule has 0 spiro atoms. The van der Waals surface area contributed by atoms with Crippen LogP contribution in [0.2, 0.25) is 0 Å². The third-order valence-electron chi connectivity index (χ3n) is 4.57. The number of carboxylic acid groups (broad SMARTS) is 1. The number of carboxylic acids is 1. The number of carbonyl (C=O) groups is 1. The van der Waals surface area contributed by atoms with Crippen molar-refractivity contribution in [2.75, 3.05) is 0 Å². The van der Waals surface area contributed by atoms with Crippen LogP contribution in [-0.2, 0) is 4.79 Å². The fourth-order valence-corrected chi connectivity index (χ4v) is 3.29. The van der Waals surface area contributed by atoms with E-state index in [4.69, 9.17) is 0 Å². The summed E-state index contributed by atoms with van der Waals surface area (Å²) in [5, 5.41) is 9.63. The predicted molar refractivity (Wildman–Crippen MR) is 78.8 cm³/mol. The summed E-state index contributed by atoms with van der Waals surface area (Å²) in [6.45, 7) is 3.90. The van der Waals surface area contributed by atoms with Crippen molar-refractivity contribution in [2.45, 2.75) is 25.7 Å². The number of rotatable bonds is 3. The fourth-order valence-electron chi connectivity index (χ4n) is 3.29. The molecule has 2 aromatic carbocycles. The number of aliphatic carboxylic acids is 1. The van der Waals surface area contributed by atoms with E-state index >= 15 is 0 Å². The van der Waals surface area contributed by atoms with Gasteiger partial charge in [0.2, 0.25) is 0 Å². The summed E-state index contributed by atoms with van der Waals surface area (Å²) < 4.78 is 0. The lowest BCUT2D eigenvalue weighted by Gasteiger charge is -2.05. The van der Waals surface area contributed by atoms with E-state index in [1.165, 1.54) is 5.56 Å². The lowest BCUT2D eigenvalue weighted by atomic mass is 10.00. The average Bonchev–Trinajstić information content (AvgIpc) is 3.09. The van der Waals surface area contributed by atoms with Crippen LogP contribution in [0.4, 0.5) is 0 Å². The van der Waals surface area contributed by atoms with Crippen LogP contribution in [0.25, 0.3) is 0 Å². The van der Waals surface area contributed by atoms with Crippen LogP contribution in [-0.4, -0.2) is 11.1 Å². The molecule has 102 valence electrons. The zero-order valence-corrected chi connectivity index (χ0v) is 11.7. The molecule has 0 aromatic heterocycles. The third-order valence-corrected chi connectivity index (χ3v) is 4.57. The molecular weight excluding hydrogens is 248 g/mol. The molecule has 20 heavy (non-hydrogen) atoms. The maximum Gasteiger partial charge on any atom is 0.310 e. The van der Waals surface area contributed by atoms with Crippen molar-refractivity contribution in [2.24, 2.45) is 5.41 Å². The standard InChI is InChI=1S/C18H18O2/c1-12-8-10-14(11-9-12)16-15(18(16,2)17(19)20)13-6-4-3-5-7-13/h3-11,15-16H,1-2H3,(H,19,20)/t15-,16-,18+/m0/s1. The van der Waals surface area contributed by atoms with Gasteiger partial charge in [-0.15, -0.1) is 0 Å². The van der Waals surface area contributed by atoms with E-state index in [2.05, 4.69) is 24.3 Å². The summed E-state index contributed by atoms with van der Waals surface area (Å²) in [6.07, 6.45) is 0. The number of benzene rings is 2. The molecule has 0 heterocycles. The summed E-state index contributed by atoms with van der Waals surface area (Å²) >= 11 is 0. The molecule has 1 aliphatic rings. The Hall–Kier alpha value is -2.09. The topological polar surface area (TPSA) is 37.3 Å². The molecular formula is C18H18O2. The Bertz CT molecular complexity index is 630. The Morgan fingerprint density at radius 3 is 1.95 bits per heavy atom. The van der Waals surface area contributed by atoms with Crippen LogP contribution in [0.5, 0.6) is 0 Å². The third kappa shape index (κ3) is 1.83. The Labute approximate surface area is 119 Å². The lowest BCUT2D eigenvalue weighted by molar-refractivity contribution is -0.143. The molecule has 1 N–H and O–H groups in total. The van der Waals surface area contributed by atoms with Crippen molar-refractivity contribution in [1.29, 1.82) is 0 Å². The van der Waals surface area contributed by atoms with E-state index in [9.17, 15) is 9.90 Å². The van der Waals surface area contributed by atoms with Crippen LogP contribution < -0.4 is 0 Å². The maximum absolute atomic E-state index is 11.7. The van der Waals surface area contributed by atoms with Crippen LogP contribution in [0.3, 0.4) is 0 Å². The van der Waals surface area contributed by atoms with Crippen LogP contribution in [0.15, 0.2) is 54.6 Å². The van der Waals surface area contributed by atoms with Crippen LogP contribution >= 0.6 is 0 Å². The van der Waals surface area contributed by atoms with E-state index in [1.54, 1.807) is 0 Å². The highest BCUT2D eigenvalue weighted by Crippen LogP contribution is 2.70. The van der Waals surface area contributed by atoms with Crippen LogP contribution in [0.1, 0.15) is 35.4 Å². The van der Waals surface area contributed by atoms with Crippen molar-refractivity contribution in [3.05, 3.63) is 71.3 Å². The predicted octanol–water partition coefficient (Wildman–Crippen LogP) is 3.97. The largest absolute Gasteiger partial charge is 0.481 e. The van der Waals surface area contributed by atoms with Crippen molar-refractivity contribution in [3.8, 4) is 0 Å². The Kier molecular flexibility index (Phi) is 2.89. The first-order valence-corrected chi connectivity index (χ1v) is 6.90. The lowest BCUT2D eigenvalue weighted by Crippen LogP contribution is -2.14. The van der Waals surface area contributed by atoms with Crippen molar-refractivity contribution < 1.29 is 9.90 Å². The fraction of sp³-hybridized carbons (Fsp3) is 0.278. The highest BCUT2D eigenvalue weighted by molar-refractivity contribution is 5.83. The molecule has 1 aliphatic carbocycles. The Balaban J connectivity index is 2.01. The van der Waals surface area contributed by atoms with E-state index in [0.29, 0.717) is 0 Å². The van der Waals surface area contributed by atoms with E-state index in [-0.39, 0.29) is 11.8 Å². The quantitative estimate of drug-likeness (QED) is 0.912. The van der Waals surface area contributed by atoms with Gasteiger partial charge in [0, 0.05) is 11.8 Å². The molecule has 2 nitrogen and oxygen atoms in total. The second kappa shape index (κ2) is 4.48. The maximum atomic E-state index is 11.7. The van der Waals surface area contributed by atoms with Gasteiger partial charge in [-0.2, -0.15) is 0 Å². The molecule has 3 atom stereocenters. The molecule has 0 aliphatic heterocycles. The minimum Gasteiger partial charge on any atom is -0.481 e. The molecule has 3 rings (SSSR count). The monoisotopic (exact) mass is 266 g/mol. The summed E-state index contributed by atoms with van der Waals surface area (Å²) in [6, 6.07) is 18.2. The molecule has 0 unspecified atom stereocenters. The zero-order valence-electron chi connectivity index (χ0n) is 11.7. The molecule has 1 saturated carbocycles. The average molecular weight is 266 g/mol. The molecule has 2 aromatic rings. The number of aryl methyl sites for hydroxylation is 1. The first-order chi connectivity index (χ1) is 9.55. The van der Waals surface area contributed by atoms with Gasteiger partial charge in [0.05, 0.1) is 5.41 Å². The number of hydrogen-bond acceptors (Lipinski definition) is 1. The van der Waals surface area contributed by atoms with E-state index < -0.39 is 11.4 Å². The van der Waals surface area contributed by atoms with Crippen LogP contribution in [0, 0.1) is 12.3 Å². The van der Waals surface area contributed by atoms with Gasteiger partial charge in [-0.1, -0.05) is 60.2 Å². The highest BCUT2D eigenvalue weighted by atomic mass is 16.4. The summed E-state index contributed by atoms with van der Waals surface area (Å²) in [4.78, 5) is 11.7. The van der Waals surface area contributed by atoms with Crippen molar-refractivity contribution in [3.63, 3.8) is 0 Å². The molecule has 0 bridgehead atoms. The molecule has 0 amide bonds. The van der Waals surface area contributed by atoms with Gasteiger partial charge in [0.25, 0.3) is 0 Å². The minimum atomic E-state index is -0.711. The highest BCUT2D eigenvalue weighted by Gasteiger charge is 2.67. The summed E-state index contributed by atoms with van der Waals surface area (Å²) in [5.74, 6) is -0.594. The first-order valence-electron chi connectivity index (χ1n) is 6.90. The molecule has 0 radical (unpaired) electrons. The van der Waals surface area contributed by atoms with E-state index in [0.717, 1.165) is 11.1 Å². The Morgan fingerprint density at radius 1 is 0.950 bits per heavy atom. The van der Waals surface area contributed by atoms with Gasteiger partial charge in [-0.25, -0.2) is 0 Å². The van der Waals surface area contributed by atoms with Gasteiger partial charge >= 0.3 is 5.97 Å². The van der Waals surface area contributed by atoms with Gasteiger partial charge in [0.1, 0.15) is 0 Å². The first kappa shape index (κ1) is 12.9. The smallest absolute Gasteiger partial charge is 0.310 e. The SMILES string of the molecule is Cc1ccc([C@H]2[C@H](c3ccccc3)[C@@]2(C)C(=O)O)cc1. The van der Waals surface area contributed by atoms with Gasteiger partial charge in [-0.3, -0.25) is 4.79 Å². The summed E-state index contributed by atoms with van der Waals surface area (Å²) in [5.41, 5.74) is 2.73. The minimum absolute atomic E-state index is 0.0583. The van der Waals surface area contributed by atoms with Gasteiger partial charge in [-0.05, 0) is 25.0 Å². The van der Waals surface area contributed by atoms with Crippen molar-refractivity contribution >= 4 is 5.97 Å². The van der Waals surface area contributed by atoms with Crippen molar-refractivity contribution in [1.82, 2.24) is 0 Å². The van der Waals surface area contributed by atoms with E-state index in [1.807, 2.05) is 44.2 Å². The molecule has 0 saturated heterocycles. The summed E-state index contributed by atoms with van der Waals surface area (Å²) in [7, 11) is 0. The van der Waals surface area contributed by atoms with Gasteiger partial charge in [0.15, 0.2) is 0 Å². The van der Waals surface area contributed by atoms with Gasteiger partial charge < -0.3 is 5.11 Å². The molecule has 1 fully saturated rings.